The van der Waals surface area contributed by atoms with E-state index in [2.05, 4.69) is 50.8 Å². The van der Waals surface area contributed by atoms with Crippen molar-refractivity contribution < 1.29 is 14.3 Å². The number of methoxy groups -OCH3 is 2. The lowest BCUT2D eigenvalue weighted by Gasteiger charge is -2.26. The first kappa shape index (κ1) is 22.8. The lowest BCUT2D eigenvalue weighted by atomic mass is 9.95. The third-order valence-electron chi connectivity index (χ3n) is 6.06. The number of hydrazone groups is 1. The third-order valence-corrected chi connectivity index (χ3v) is 6.06. The molecule has 2 aromatic carbocycles. The Morgan fingerprint density at radius 2 is 1.81 bits per heavy atom. The van der Waals surface area contributed by atoms with Crippen LogP contribution in [0.4, 0.5) is 0 Å². The molecule has 166 valence electrons. The maximum atomic E-state index is 13.3. The molecule has 1 unspecified atom stereocenters. The maximum absolute atomic E-state index is 13.3. The van der Waals surface area contributed by atoms with Crippen molar-refractivity contribution in [2.24, 2.45) is 5.10 Å². The summed E-state index contributed by atoms with van der Waals surface area (Å²) in [7, 11) is 3.29. The molecule has 6 heteroatoms. The molecule has 0 radical (unpaired) electrons. The van der Waals surface area contributed by atoms with E-state index < -0.39 is 0 Å². The fraction of sp³-hybridized carbons (Fsp3) is 0.440. The molecule has 1 atom stereocenters. The van der Waals surface area contributed by atoms with Gasteiger partial charge in [-0.25, -0.2) is 5.01 Å². The Morgan fingerprint density at radius 3 is 2.42 bits per heavy atom. The number of amides is 1. The minimum atomic E-state index is -0.246. The largest absolute Gasteiger partial charge is 0.497 e. The first-order valence-electron chi connectivity index (χ1n) is 10.8. The fourth-order valence-electron chi connectivity index (χ4n) is 3.89. The number of rotatable bonds is 8. The number of aryl methyl sites for hydroxylation is 2. The van der Waals surface area contributed by atoms with E-state index in [9.17, 15) is 4.79 Å². The first-order chi connectivity index (χ1) is 14.9. The van der Waals surface area contributed by atoms with Crippen LogP contribution in [-0.4, -0.2) is 55.4 Å². The smallest absolute Gasteiger partial charge is 0.257 e. The normalized spacial score (nSPS) is 15.9. The van der Waals surface area contributed by atoms with Gasteiger partial charge in [0.05, 0.1) is 32.5 Å². The van der Waals surface area contributed by atoms with E-state index in [4.69, 9.17) is 14.6 Å². The standard InChI is InChI=1S/C25H33N3O3/c1-7-27(8-2)16-25(29)28-23(21-14-20(30-5)11-12-24(21)31-6)15-22(26-28)19-10-9-17(3)18(4)13-19/h9-14,23H,7-8,15-16H2,1-6H3. The van der Waals surface area contributed by atoms with Crippen LogP contribution in [0.5, 0.6) is 11.5 Å². The Morgan fingerprint density at radius 1 is 1.06 bits per heavy atom. The molecule has 0 aromatic heterocycles. The van der Waals surface area contributed by atoms with Crippen LogP contribution in [0.15, 0.2) is 41.5 Å². The highest BCUT2D eigenvalue weighted by atomic mass is 16.5. The zero-order valence-electron chi connectivity index (χ0n) is 19.4. The number of carbonyl (C=O) groups is 1. The van der Waals surface area contributed by atoms with Crippen molar-refractivity contribution in [2.75, 3.05) is 33.9 Å². The quantitative estimate of drug-likeness (QED) is 0.634. The van der Waals surface area contributed by atoms with Crippen LogP contribution >= 0.6 is 0 Å². The molecular formula is C25H33N3O3. The van der Waals surface area contributed by atoms with Crippen molar-refractivity contribution >= 4 is 11.6 Å². The average Bonchev–Trinajstić information content (AvgIpc) is 3.24. The van der Waals surface area contributed by atoms with E-state index in [1.807, 2.05) is 18.2 Å². The highest BCUT2D eigenvalue weighted by Gasteiger charge is 2.35. The fourth-order valence-corrected chi connectivity index (χ4v) is 3.89. The molecule has 1 aliphatic rings. The van der Waals surface area contributed by atoms with Gasteiger partial charge in [-0.15, -0.1) is 0 Å². The number of carbonyl (C=O) groups excluding carboxylic acids is 1. The molecule has 3 rings (SSSR count). The zero-order chi connectivity index (χ0) is 22.5. The number of benzene rings is 2. The monoisotopic (exact) mass is 423 g/mol. The van der Waals surface area contributed by atoms with Gasteiger partial charge >= 0.3 is 0 Å². The summed E-state index contributed by atoms with van der Waals surface area (Å²) in [5.41, 5.74) is 5.31. The van der Waals surface area contributed by atoms with E-state index >= 15 is 0 Å². The predicted molar refractivity (Wildman–Crippen MR) is 124 cm³/mol. The van der Waals surface area contributed by atoms with Crippen LogP contribution in [0.2, 0.25) is 0 Å². The number of hydrogen-bond donors (Lipinski definition) is 0. The summed E-state index contributed by atoms with van der Waals surface area (Å²) >= 11 is 0. The zero-order valence-corrected chi connectivity index (χ0v) is 19.4. The molecule has 1 aliphatic heterocycles. The van der Waals surface area contributed by atoms with Crippen LogP contribution in [0.3, 0.4) is 0 Å². The van der Waals surface area contributed by atoms with Gasteiger partial charge < -0.3 is 9.47 Å². The second-order valence-corrected chi connectivity index (χ2v) is 7.87. The van der Waals surface area contributed by atoms with Crippen molar-refractivity contribution in [3.05, 3.63) is 58.7 Å². The second-order valence-electron chi connectivity index (χ2n) is 7.87. The van der Waals surface area contributed by atoms with Crippen molar-refractivity contribution in [1.29, 1.82) is 0 Å². The van der Waals surface area contributed by atoms with Gasteiger partial charge in [0, 0.05) is 12.0 Å². The van der Waals surface area contributed by atoms with Gasteiger partial charge in [0.2, 0.25) is 0 Å². The number of likely N-dealkylation sites (N-methyl/N-ethyl adjacent to an activating group) is 1. The summed E-state index contributed by atoms with van der Waals surface area (Å²) < 4.78 is 11.1. The molecule has 0 N–H and O–H groups in total. The predicted octanol–water partition coefficient (Wildman–Crippen LogP) is 4.34. The van der Waals surface area contributed by atoms with E-state index in [1.54, 1.807) is 19.2 Å². The van der Waals surface area contributed by atoms with Gasteiger partial charge in [0.15, 0.2) is 0 Å². The molecule has 1 amide bonds. The molecule has 31 heavy (non-hydrogen) atoms. The second kappa shape index (κ2) is 9.96. The topological polar surface area (TPSA) is 54.4 Å². The molecule has 0 saturated carbocycles. The lowest BCUT2D eigenvalue weighted by Crippen LogP contribution is -2.38. The Bertz CT molecular complexity index is 966. The molecule has 0 spiro atoms. The van der Waals surface area contributed by atoms with Crippen LogP contribution in [0.25, 0.3) is 0 Å². The SMILES string of the molecule is CCN(CC)CC(=O)N1N=C(c2ccc(C)c(C)c2)CC1c1cc(OC)ccc1OC. The number of ether oxygens (including phenoxy) is 2. The molecular weight excluding hydrogens is 390 g/mol. The van der Waals surface area contributed by atoms with E-state index in [1.165, 1.54) is 11.1 Å². The highest BCUT2D eigenvalue weighted by Crippen LogP contribution is 2.39. The van der Waals surface area contributed by atoms with Crippen molar-refractivity contribution in [3.63, 3.8) is 0 Å². The Kier molecular flexibility index (Phi) is 7.33. The minimum absolute atomic E-state index is 0.0163. The molecule has 0 fully saturated rings. The molecule has 0 aliphatic carbocycles. The number of nitrogens with zero attached hydrogens (tertiary/aromatic N) is 3. The Hall–Kier alpha value is -2.86. The Balaban J connectivity index is 2.02. The summed E-state index contributed by atoms with van der Waals surface area (Å²) in [5, 5.41) is 6.46. The first-order valence-corrected chi connectivity index (χ1v) is 10.8. The Labute approximate surface area is 185 Å². The van der Waals surface area contributed by atoms with Crippen LogP contribution in [0, 0.1) is 13.8 Å². The lowest BCUT2D eigenvalue weighted by molar-refractivity contribution is -0.134. The molecule has 0 bridgehead atoms. The van der Waals surface area contributed by atoms with Gasteiger partial charge in [-0.2, -0.15) is 5.10 Å². The van der Waals surface area contributed by atoms with Crippen molar-refractivity contribution in [1.82, 2.24) is 9.91 Å². The molecule has 0 saturated heterocycles. The maximum Gasteiger partial charge on any atom is 0.257 e. The van der Waals surface area contributed by atoms with Crippen LogP contribution < -0.4 is 9.47 Å². The summed E-state index contributed by atoms with van der Waals surface area (Å²) in [6.45, 7) is 10.3. The van der Waals surface area contributed by atoms with E-state index in [0.29, 0.717) is 13.0 Å². The third kappa shape index (κ3) is 4.90. The summed E-state index contributed by atoms with van der Waals surface area (Å²) in [4.78, 5) is 15.4. The van der Waals surface area contributed by atoms with Crippen molar-refractivity contribution in [2.45, 2.75) is 40.2 Å². The summed E-state index contributed by atoms with van der Waals surface area (Å²) in [6.07, 6.45) is 0.621. The minimum Gasteiger partial charge on any atom is -0.497 e. The molecule has 6 nitrogen and oxygen atoms in total. The van der Waals surface area contributed by atoms with Gasteiger partial charge in [-0.3, -0.25) is 9.69 Å². The van der Waals surface area contributed by atoms with Gasteiger partial charge in [0.1, 0.15) is 11.5 Å². The van der Waals surface area contributed by atoms with Gasteiger partial charge in [0.25, 0.3) is 5.91 Å². The number of hydrogen-bond acceptors (Lipinski definition) is 5. The van der Waals surface area contributed by atoms with Gasteiger partial charge in [-0.1, -0.05) is 26.0 Å². The van der Waals surface area contributed by atoms with E-state index in [-0.39, 0.29) is 11.9 Å². The summed E-state index contributed by atoms with van der Waals surface area (Å²) in [6, 6.07) is 11.8. The highest BCUT2D eigenvalue weighted by molar-refractivity contribution is 6.03. The molecule has 1 heterocycles. The van der Waals surface area contributed by atoms with Crippen LogP contribution in [0.1, 0.15) is 48.6 Å². The summed E-state index contributed by atoms with van der Waals surface area (Å²) in [5.74, 6) is 1.44. The molecule has 2 aromatic rings. The average molecular weight is 424 g/mol. The van der Waals surface area contributed by atoms with Crippen molar-refractivity contribution in [3.8, 4) is 11.5 Å². The van der Waals surface area contributed by atoms with Gasteiger partial charge in [-0.05, 0) is 67.9 Å². The van der Waals surface area contributed by atoms with E-state index in [0.717, 1.165) is 41.4 Å². The van der Waals surface area contributed by atoms with Crippen LogP contribution in [-0.2, 0) is 4.79 Å².